The molecule has 1 atom stereocenters. The highest BCUT2D eigenvalue weighted by Crippen LogP contribution is 2.51. The summed E-state index contributed by atoms with van der Waals surface area (Å²) in [5.74, 6) is 1.34. The van der Waals surface area contributed by atoms with Crippen molar-refractivity contribution in [2.24, 2.45) is 28.1 Å². The average molecular weight is 364 g/mol. The number of hydrogen-bond donors (Lipinski definition) is 3. The summed E-state index contributed by atoms with van der Waals surface area (Å²) in [6, 6.07) is 0. The van der Waals surface area contributed by atoms with Gasteiger partial charge in [-0.1, -0.05) is 6.92 Å². The molecule has 2 saturated carbocycles. The smallest absolute Gasteiger partial charge is 0.206 e. The van der Waals surface area contributed by atoms with Gasteiger partial charge in [-0.2, -0.15) is 5.10 Å². The zero-order chi connectivity index (χ0) is 18.4. The lowest BCUT2D eigenvalue weighted by atomic mass is 9.58. The maximum Gasteiger partial charge on any atom is 0.206 e. The molecule has 1 unspecified atom stereocenters. The second-order valence-corrected chi connectivity index (χ2v) is 8.74. The number of nitrogens with one attached hydrogen (secondary N) is 2. The molecule has 3 fully saturated rings. The molecule has 0 radical (unpaired) electrons. The first-order valence-corrected chi connectivity index (χ1v) is 10.5. The number of ether oxygens (including phenoxy) is 1. The summed E-state index contributed by atoms with van der Waals surface area (Å²) < 4.78 is 6.01. The maximum atomic E-state index is 7.24. The van der Waals surface area contributed by atoms with Gasteiger partial charge in [0.15, 0.2) is 0 Å². The van der Waals surface area contributed by atoms with Gasteiger partial charge in [0, 0.05) is 18.9 Å². The third-order valence-corrected chi connectivity index (χ3v) is 7.04. The molecular formula is C20H37N5O. The SMILES string of the molecule is CC1CC(=NNC(=N)N)CCC12CCC(COCCN1CCCC1)CC2. The van der Waals surface area contributed by atoms with Crippen molar-refractivity contribution in [2.75, 3.05) is 32.8 Å². The van der Waals surface area contributed by atoms with E-state index in [0.717, 1.165) is 38.5 Å². The second kappa shape index (κ2) is 9.18. The highest BCUT2D eigenvalue weighted by atomic mass is 16.5. The van der Waals surface area contributed by atoms with Crippen molar-refractivity contribution in [1.82, 2.24) is 10.3 Å². The van der Waals surface area contributed by atoms with E-state index in [4.69, 9.17) is 15.9 Å². The first-order valence-electron chi connectivity index (χ1n) is 10.5. The molecule has 0 bridgehead atoms. The van der Waals surface area contributed by atoms with Crippen molar-refractivity contribution < 1.29 is 4.74 Å². The van der Waals surface area contributed by atoms with E-state index in [1.165, 1.54) is 63.7 Å². The van der Waals surface area contributed by atoms with Crippen molar-refractivity contribution in [3.8, 4) is 0 Å². The van der Waals surface area contributed by atoms with Gasteiger partial charge in [0.1, 0.15) is 0 Å². The Labute approximate surface area is 158 Å². The first-order chi connectivity index (χ1) is 12.6. The van der Waals surface area contributed by atoms with Gasteiger partial charge in [-0.3, -0.25) is 5.41 Å². The molecule has 0 aromatic carbocycles. The second-order valence-electron chi connectivity index (χ2n) is 8.74. The van der Waals surface area contributed by atoms with E-state index in [1.807, 2.05) is 0 Å². The molecule has 3 rings (SSSR count). The van der Waals surface area contributed by atoms with Crippen LogP contribution in [0.5, 0.6) is 0 Å². The van der Waals surface area contributed by atoms with Crippen molar-refractivity contribution in [3.63, 3.8) is 0 Å². The summed E-state index contributed by atoms with van der Waals surface area (Å²) in [6.07, 6.45) is 11.3. The van der Waals surface area contributed by atoms with E-state index < -0.39 is 0 Å². The number of hydrazone groups is 1. The molecule has 148 valence electrons. The van der Waals surface area contributed by atoms with Crippen LogP contribution in [0.25, 0.3) is 0 Å². The molecule has 1 heterocycles. The van der Waals surface area contributed by atoms with E-state index in [-0.39, 0.29) is 5.96 Å². The largest absolute Gasteiger partial charge is 0.380 e. The minimum atomic E-state index is -0.0734. The molecule has 0 aromatic rings. The van der Waals surface area contributed by atoms with Crippen molar-refractivity contribution in [2.45, 2.75) is 64.7 Å². The molecule has 2 aliphatic carbocycles. The number of nitrogens with zero attached hydrogens (tertiary/aromatic N) is 2. The molecule has 6 nitrogen and oxygen atoms in total. The predicted molar refractivity (Wildman–Crippen MR) is 106 cm³/mol. The van der Waals surface area contributed by atoms with Crippen LogP contribution in [0.1, 0.15) is 64.7 Å². The fraction of sp³-hybridized carbons (Fsp3) is 0.900. The van der Waals surface area contributed by atoms with Crippen LogP contribution < -0.4 is 11.2 Å². The Morgan fingerprint density at radius 1 is 1.31 bits per heavy atom. The number of nitrogens with two attached hydrogens (primary N) is 1. The molecule has 0 aromatic heterocycles. The van der Waals surface area contributed by atoms with Gasteiger partial charge >= 0.3 is 0 Å². The van der Waals surface area contributed by atoms with Gasteiger partial charge in [0.25, 0.3) is 0 Å². The average Bonchev–Trinajstić information content (AvgIpc) is 3.15. The summed E-state index contributed by atoms with van der Waals surface area (Å²) in [4.78, 5) is 2.53. The number of hydrogen-bond acceptors (Lipinski definition) is 4. The molecule has 26 heavy (non-hydrogen) atoms. The lowest BCUT2D eigenvalue weighted by Gasteiger charge is -2.47. The fourth-order valence-electron chi connectivity index (χ4n) is 5.16. The van der Waals surface area contributed by atoms with Crippen LogP contribution in [0, 0.1) is 22.7 Å². The molecule has 4 N–H and O–H groups in total. The predicted octanol–water partition coefficient (Wildman–Crippen LogP) is 2.93. The van der Waals surface area contributed by atoms with Gasteiger partial charge in [-0.05, 0) is 88.1 Å². The molecule has 3 aliphatic rings. The van der Waals surface area contributed by atoms with E-state index in [0.29, 0.717) is 11.3 Å². The van der Waals surface area contributed by atoms with Gasteiger partial charge in [-0.15, -0.1) is 0 Å². The van der Waals surface area contributed by atoms with Crippen LogP contribution in [0.15, 0.2) is 5.10 Å². The highest BCUT2D eigenvalue weighted by Gasteiger charge is 2.42. The Morgan fingerprint density at radius 3 is 2.69 bits per heavy atom. The lowest BCUT2D eigenvalue weighted by Crippen LogP contribution is -2.40. The Bertz CT molecular complexity index is 492. The first kappa shape index (κ1) is 19.6. The molecular weight excluding hydrogens is 326 g/mol. The van der Waals surface area contributed by atoms with Gasteiger partial charge in [0.2, 0.25) is 5.96 Å². The third-order valence-electron chi connectivity index (χ3n) is 7.04. The zero-order valence-electron chi connectivity index (χ0n) is 16.4. The topological polar surface area (TPSA) is 86.7 Å². The van der Waals surface area contributed by atoms with Crippen LogP contribution >= 0.6 is 0 Å². The number of rotatable bonds is 6. The van der Waals surface area contributed by atoms with Crippen LogP contribution in [0.2, 0.25) is 0 Å². The fourth-order valence-corrected chi connectivity index (χ4v) is 5.16. The van der Waals surface area contributed by atoms with E-state index >= 15 is 0 Å². The van der Waals surface area contributed by atoms with E-state index in [1.54, 1.807) is 0 Å². The maximum absolute atomic E-state index is 7.24. The molecule has 6 heteroatoms. The third kappa shape index (κ3) is 5.19. The van der Waals surface area contributed by atoms with Gasteiger partial charge in [0.05, 0.1) is 6.61 Å². The molecule has 1 aliphatic heterocycles. The summed E-state index contributed by atoms with van der Waals surface area (Å²) >= 11 is 0. The van der Waals surface area contributed by atoms with Crippen molar-refractivity contribution >= 4 is 11.7 Å². The lowest BCUT2D eigenvalue weighted by molar-refractivity contribution is 0.0222. The molecule has 1 saturated heterocycles. The standard InChI is InChI=1S/C20H37N5O/c1-16-14-18(23-24-19(21)22)6-9-20(16)7-4-17(5-8-20)15-26-13-12-25-10-2-3-11-25/h16-17H,2-15H2,1H3,(H4,21,22,24). The monoisotopic (exact) mass is 363 g/mol. The van der Waals surface area contributed by atoms with Gasteiger partial charge in [-0.25, -0.2) is 5.43 Å². The number of likely N-dealkylation sites (tertiary alicyclic amines) is 1. The van der Waals surface area contributed by atoms with Crippen LogP contribution in [-0.4, -0.2) is 49.4 Å². The van der Waals surface area contributed by atoms with Crippen molar-refractivity contribution in [3.05, 3.63) is 0 Å². The molecule has 1 spiro atoms. The summed E-state index contributed by atoms with van der Waals surface area (Å²) in [5.41, 5.74) is 9.62. The summed E-state index contributed by atoms with van der Waals surface area (Å²) in [6.45, 7) is 7.88. The van der Waals surface area contributed by atoms with E-state index in [9.17, 15) is 0 Å². The summed E-state index contributed by atoms with van der Waals surface area (Å²) in [5, 5.41) is 11.5. The Morgan fingerprint density at radius 2 is 2.04 bits per heavy atom. The van der Waals surface area contributed by atoms with Crippen LogP contribution in [0.3, 0.4) is 0 Å². The Balaban J connectivity index is 1.36. The van der Waals surface area contributed by atoms with Crippen LogP contribution in [0.4, 0.5) is 0 Å². The minimum Gasteiger partial charge on any atom is -0.380 e. The zero-order valence-corrected chi connectivity index (χ0v) is 16.4. The minimum absolute atomic E-state index is 0.0734. The van der Waals surface area contributed by atoms with Crippen LogP contribution in [-0.2, 0) is 4.74 Å². The van der Waals surface area contributed by atoms with Crippen molar-refractivity contribution in [1.29, 1.82) is 5.41 Å². The summed E-state index contributed by atoms with van der Waals surface area (Å²) in [7, 11) is 0. The Kier molecular flexibility index (Phi) is 6.92. The highest BCUT2D eigenvalue weighted by molar-refractivity contribution is 5.87. The van der Waals surface area contributed by atoms with E-state index in [2.05, 4.69) is 22.4 Å². The van der Waals surface area contributed by atoms with Gasteiger partial charge < -0.3 is 15.4 Å². The molecule has 0 amide bonds. The Hall–Kier alpha value is -1.14. The normalized spacial score (nSPS) is 34.4. The number of guanidine groups is 1. The quantitative estimate of drug-likeness (QED) is 0.293.